The third-order valence-corrected chi connectivity index (χ3v) is 25.7. The van der Waals surface area contributed by atoms with Crippen LogP contribution in [0, 0.1) is 38.5 Å². The van der Waals surface area contributed by atoms with Crippen molar-refractivity contribution in [1.29, 1.82) is 0 Å². The van der Waals surface area contributed by atoms with Crippen LogP contribution >= 0.6 is 46.6 Å². The molecule has 3 fully saturated rings. The van der Waals surface area contributed by atoms with E-state index in [0.29, 0.717) is 101 Å². The zero-order valence-corrected chi connectivity index (χ0v) is 69.4. The number of aromatic nitrogens is 3. The summed E-state index contributed by atoms with van der Waals surface area (Å²) in [5.74, 6) is -0.552. The van der Waals surface area contributed by atoms with Crippen molar-refractivity contribution in [2.45, 2.75) is 175 Å². The Morgan fingerprint density at radius 3 is 1.21 bits per heavy atom. The van der Waals surface area contributed by atoms with E-state index in [2.05, 4.69) is 97.1 Å². The highest BCUT2D eigenvalue weighted by atomic mass is 32.1. The molecule has 9 aromatic rings. The normalized spacial score (nSPS) is 19.9. The molecule has 0 spiro atoms. The predicted octanol–water partition coefficient (Wildman–Crippen LogP) is 12.0. The number of aliphatic hydroxyl groups is 2. The van der Waals surface area contributed by atoms with Gasteiger partial charge in [0.15, 0.2) is 0 Å². The zero-order chi connectivity index (χ0) is 80.8. The Balaban J connectivity index is 0.000000149. The Hall–Kier alpha value is -9.80. The molecule has 0 saturated carbocycles. The number of nitrogens with zero attached hydrogens (tertiary/aromatic N) is 10. The van der Waals surface area contributed by atoms with Crippen molar-refractivity contribution >= 4 is 93.8 Å². The third kappa shape index (κ3) is 18.0. The highest BCUT2D eigenvalue weighted by molar-refractivity contribution is 7.81. The molecule has 7 amide bonds. The second-order valence-corrected chi connectivity index (χ2v) is 34.7. The van der Waals surface area contributed by atoms with Gasteiger partial charge in [-0.05, 0) is 120 Å². The molecule has 0 unspecified atom stereocenters. The second kappa shape index (κ2) is 36.4. The maximum atomic E-state index is 14.0. The van der Waals surface area contributed by atoms with E-state index in [0.717, 1.165) is 72.0 Å². The van der Waals surface area contributed by atoms with Crippen LogP contribution in [0.15, 0.2) is 167 Å². The minimum absolute atomic E-state index is 0.0437. The smallest absolute Gasteiger partial charge is 0.255 e. The van der Waals surface area contributed by atoms with E-state index in [9.17, 15) is 43.8 Å². The summed E-state index contributed by atoms with van der Waals surface area (Å²) in [5, 5.41) is 30.9. The average molecular weight is 1610 g/mol. The standard InChI is InChI=1S/C30H35N5O3S.C29H32N4O3S2.C29H34N4O3S/c1-18(2)26(35-15-22-7-5-6-8-24(22)29(35)37)30(38)34-16-23(36)13-25(34)28(31-4)32-14-20-9-11-21(12-10-20)27-19(3)33-17-39-27;1-17(2)25(33-14-21-6-4-5-7-23(21)28(33)35)29(36)32-15-22(37)12-24(32)27(34)30-13-19-8-10-20(11-9-19)26-18(3)31-16-38-26;1-18(2)26(33-15-22-6-4-5-7-25(22)28(33)35)29(36)32-16-24(34)12-23(32)14-30-13-20-8-10-21(11-9-20)27-19(3)31-17-37-27/h5-12,17-18,23,25-26,36H,13-16H2,1-4H3,(H,31,32);4-11,16-17,22,24-25,37H,12-15H2,1-3H3,(H,30,34);4-11,17-18,23-24,26,30,34H,12-16H2,1-3H3/t23-,25+,26+;22-,24+,25+;23-,24+,26-/m110/s1. The first-order chi connectivity index (χ1) is 54.8. The van der Waals surface area contributed by atoms with Crippen LogP contribution < -0.4 is 16.0 Å². The Bertz CT molecular complexity index is 4990. The van der Waals surface area contributed by atoms with Crippen LogP contribution in [0.1, 0.15) is 142 Å². The van der Waals surface area contributed by atoms with Crippen LogP contribution in [-0.2, 0) is 58.4 Å². The van der Waals surface area contributed by atoms with Gasteiger partial charge >= 0.3 is 0 Å². The van der Waals surface area contributed by atoms with Gasteiger partial charge in [0.1, 0.15) is 30.0 Å². The molecular formula is C88H101N13O9S4. The van der Waals surface area contributed by atoms with E-state index in [1.807, 2.05) is 170 Å². The number of hydrogen-bond donors (Lipinski definition) is 6. The Morgan fingerprint density at radius 2 is 0.833 bits per heavy atom. The van der Waals surface area contributed by atoms with Crippen molar-refractivity contribution in [3.8, 4) is 31.3 Å². The van der Waals surface area contributed by atoms with Gasteiger partial charge in [-0.3, -0.25) is 38.6 Å². The molecule has 114 heavy (non-hydrogen) atoms. The predicted molar refractivity (Wildman–Crippen MR) is 451 cm³/mol. The molecule has 5 N–H and O–H groups in total. The molecule has 26 heteroatoms. The van der Waals surface area contributed by atoms with Gasteiger partial charge in [0.2, 0.25) is 23.6 Å². The first-order valence-electron chi connectivity index (χ1n) is 39.1. The number of thiol groups is 1. The second-order valence-electron chi connectivity index (χ2n) is 31.4. The number of amides is 7. The number of aliphatic imine (C=N–C) groups is 1. The molecule has 6 aromatic carbocycles. The van der Waals surface area contributed by atoms with Gasteiger partial charge in [-0.1, -0.05) is 169 Å². The van der Waals surface area contributed by atoms with E-state index in [1.165, 1.54) is 9.75 Å². The summed E-state index contributed by atoms with van der Waals surface area (Å²) in [5.41, 5.74) is 20.0. The molecule has 3 saturated heterocycles. The summed E-state index contributed by atoms with van der Waals surface area (Å²) in [6.45, 7) is 22.1. The number of thiazole rings is 3. The number of carbonyl (C=O) groups excluding carboxylic acids is 7. The number of benzene rings is 6. The van der Waals surface area contributed by atoms with Crippen molar-refractivity contribution in [3.05, 3.63) is 229 Å². The largest absolute Gasteiger partial charge is 0.391 e. The van der Waals surface area contributed by atoms with Crippen LogP contribution in [0.3, 0.4) is 0 Å². The molecule has 15 rings (SSSR count). The third-order valence-electron chi connectivity index (χ3n) is 22.4. The summed E-state index contributed by atoms with van der Waals surface area (Å²) < 4.78 is 0. The molecule has 3 aromatic heterocycles. The van der Waals surface area contributed by atoms with Crippen molar-refractivity contribution in [2.75, 3.05) is 33.2 Å². The summed E-state index contributed by atoms with van der Waals surface area (Å²) in [6, 6.07) is 44.5. The molecule has 0 bridgehead atoms. The van der Waals surface area contributed by atoms with Crippen LogP contribution in [0.2, 0.25) is 0 Å². The first kappa shape index (κ1) is 82.2. The summed E-state index contributed by atoms with van der Waals surface area (Å²) in [4.78, 5) is 126. The SMILES string of the molecule is CN=C(NCc1ccc(-c2scnc2C)cc1)[C@@H]1C[C@@H](O)CN1C(=O)[C@H](C(C)C)N1Cc2ccccc2C1=O.Cc1ncsc1-c1ccc(CNC(=O)[C@@H]2C[C@@H](S)CN2C(=O)[C@H](C(C)C)N2Cc3ccccc3C2=O)cc1.Cc1ncsc1-c1ccc(CNC[C@@H]2C[C@@H](O)CN2C(=O)[C@H](C(C)C)N2Cc3ccccc3C2=O)cc1. The molecule has 9 atom stereocenters. The fourth-order valence-corrected chi connectivity index (χ4v) is 19.4. The number of hydrogen-bond acceptors (Lipinski definition) is 18. The number of rotatable bonds is 22. The lowest BCUT2D eigenvalue weighted by atomic mass is 10.00. The highest BCUT2D eigenvalue weighted by Crippen LogP contribution is 2.37. The van der Waals surface area contributed by atoms with Crippen LogP contribution in [0.4, 0.5) is 0 Å². The molecule has 0 aliphatic carbocycles. The number of carbonyl (C=O) groups is 7. The van der Waals surface area contributed by atoms with Gasteiger partial charge in [-0.25, -0.2) is 15.0 Å². The van der Waals surface area contributed by atoms with Crippen molar-refractivity contribution in [1.82, 2.24) is 60.3 Å². The highest BCUT2D eigenvalue weighted by Gasteiger charge is 2.49. The molecular weight excluding hydrogens is 1510 g/mol. The first-order valence-corrected chi connectivity index (χ1v) is 42.3. The summed E-state index contributed by atoms with van der Waals surface area (Å²) >= 11 is 9.50. The Morgan fingerprint density at radius 1 is 0.474 bits per heavy atom. The molecule has 596 valence electrons. The van der Waals surface area contributed by atoms with E-state index in [-0.39, 0.29) is 76.9 Å². The lowest BCUT2D eigenvalue weighted by molar-refractivity contribution is -0.143. The van der Waals surface area contributed by atoms with Gasteiger partial charge in [-0.15, -0.1) is 34.0 Å². The van der Waals surface area contributed by atoms with Crippen molar-refractivity contribution in [3.63, 3.8) is 0 Å². The Labute approximate surface area is 684 Å². The maximum Gasteiger partial charge on any atom is 0.255 e. The number of aliphatic hydroxyl groups excluding tert-OH is 2. The molecule has 6 aliphatic rings. The number of amidine groups is 1. The van der Waals surface area contributed by atoms with Crippen LogP contribution in [0.5, 0.6) is 0 Å². The fourth-order valence-electron chi connectivity index (χ4n) is 16.6. The molecule has 6 aliphatic heterocycles. The minimum Gasteiger partial charge on any atom is -0.391 e. The lowest BCUT2D eigenvalue weighted by Crippen LogP contribution is -2.55. The van der Waals surface area contributed by atoms with E-state index in [1.54, 1.807) is 76.5 Å². The molecule has 9 heterocycles. The van der Waals surface area contributed by atoms with Gasteiger partial charge < -0.3 is 55.6 Å². The van der Waals surface area contributed by atoms with Gasteiger partial charge in [-0.2, -0.15) is 12.6 Å². The average Bonchev–Trinajstić information content (AvgIpc) is 1.62. The van der Waals surface area contributed by atoms with E-state index >= 15 is 0 Å². The number of β-amino-alcohol motifs (C(OH)–C–C–N with tert-alkyl or cyclic N) is 2. The maximum absolute atomic E-state index is 14.0. The van der Waals surface area contributed by atoms with Crippen molar-refractivity contribution < 1.29 is 43.8 Å². The zero-order valence-electron chi connectivity index (χ0n) is 66.1. The van der Waals surface area contributed by atoms with Gasteiger partial charge in [0.25, 0.3) is 17.7 Å². The number of fused-ring (bicyclic) bond motifs is 3. The molecule has 0 radical (unpaired) electrons. The number of aryl methyl sites for hydroxylation is 3. The fraction of sp³-hybridized carbons (Fsp3) is 0.398. The van der Waals surface area contributed by atoms with Crippen molar-refractivity contribution in [2.24, 2.45) is 22.7 Å². The Kier molecular flexibility index (Phi) is 26.2. The molecule has 22 nitrogen and oxygen atoms in total. The van der Waals surface area contributed by atoms with Gasteiger partial charge in [0, 0.05) is 107 Å². The topological polar surface area (TPSA) is 267 Å². The number of nitrogens with one attached hydrogen (secondary N) is 3. The minimum atomic E-state index is -0.654. The van der Waals surface area contributed by atoms with Crippen LogP contribution in [-0.4, -0.2) is 189 Å². The summed E-state index contributed by atoms with van der Waals surface area (Å²) in [6.07, 6.45) is 0.189. The van der Waals surface area contributed by atoms with Gasteiger partial charge in [0.05, 0.1) is 66.5 Å². The quantitative estimate of drug-likeness (QED) is 0.0209. The van der Waals surface area contributed by atoms with E-state index in [4.69, 9.17) is 0 Å². The van der Waals surface area contributed by atoms with E-state index < -0.39 is 42.4 Å². The van der Waals surface area contributed by atoms with Crippen LogP contribution in [0.25, 0.3) is 31.3 Å². The summed E-state index contributed by atoms with van der Waals surface area (Å²) in [7, 11) is 1.70. The monoisotopic (exact) mass is 1610 g/mol. The number of likely N-dealkylation sites (tertiary alicyclic amines) is 3. The lowest BCUT2D eigenvalue weighted by Gasteiger charge is -2.35.